The van der Waals surface area contributed by atoms with Gasteiger partial charge in [0.2, 0.25) is 0 Å². The third-order valence-corrected chi connectivity index (χ3v) is 2.71. The molecule has 1 N–H and O–H groups in total. The minimum atomic E-state index is -0.388. The summed E-state index contributed by atoms with van der Waals surface area (Å²) in [5, 5.41) is 11.9. The van der Waals surface area contributed by atoms with Crippen LogP contribution in [0.2, 0.25) is 0 Å². The Morgan fingerprint density at radius 3 is 2.70 bits per heavy atom. The molecule has 0 spiro atoms. The molecule has 2 aromatic carbocycles. The molecule has 0 amide bonds. The zero-order chi connectivity index (χ0) is 14.2. The monoisotopic (exact) mass is 270 g/mol. The van der Waals surface area contributed by atoms with Crippen molar-refractivity contribution in [1.29, 1.82) is 5.26 Å². The van der Waals surface area contributed by atoms with Crippen LogP contribution in [-0.4, -0.2) is 13.2 Å². The molecule has 0 aliphatic rings. The van der Waals surface area contributed by atoms with Crippen LogP contribution in [0.1, 0.15) is 11.1 Å². The first-order valence-electron chi connectivity index (χ1n) is 6.36. The van der Waals surface area contributed by atoms with Crippen LogP contribution in [0.3, 0.4) is 0 Å². The summed E-state index contributed by atoms with van der Waals surface area (Å²) in [6.07, 6.45) is 0. The Morgan fingerprint density at radius 2 is 1.95 bits per heavy atom. The van der Waals surface area contributed by atoms with Gasteiger partial charge in [-0.3, -0.25) is 0 Å². The predicted molar refractivity (Wildman–Crippen MR) is 74.8 cm³/mol. The summed E-state index contributed by atoms with van der Waals surface area (Å²) in [4.78, 5) is 0. The Morgan fingerprint density at radius 1 is 1.15 bits per heavy atom. The van der Waals surface area contributed by atoms with Crippen molar-refractivity contribution in [2.75, 3.05) is 13.2 Å². The molecule has 2 aromatic rings. The van der Waals surface area contributed by atoms with Crippen LogP contribution in [0, 0.1) is 17.1 Å². The minimum Gasteiger partial charge on any atom is -0.492 e. The normalized spacial score (nSPS) is 10.0. The first-order valence-corrected chi connectivity index (χ1v) is 6.36. The molecule has 0 heterocycles. The number of hydrogen-bond donors (Lipinski definition) is 1. The molecule has 2 rings (SSSR count). The summed E-state index contributed by atoms with van der Waals surface area (Å²) in [6.45, 7) is 1.68. The maximum absolute atomic E-state index is 13.2. The van der Waals surface area contributed by atoms with Gasteiger partial charge in [-0.15, -0.1) is 0 Å². The molecule has 0 fully saturated rings. The number of benzene rings is 2. The molecule has 0 aliphatic carbocycles. The number of nitrogens with one attached hydrogen (secondary N) is 1. The van der Waals surface area contributed by atoms with Gasteiger partial charge in [-0.05, 0) is 35.9 Å². The maximum atomic E-state index is 13.2. The second-order valence-electron chi connectivity index (χ2n) is 4.30. The summed E-state index contributed by atoms with van der Waals surface area (Å²) in [7, 11) is 0. The fraction of sp³-hybridized carbons (Fsp3) is 0.188. The summed E-state index contributed by atoms with van der Waals surface area (Å²) in [5.41, 5.74) is 1.09. The molecule has 20 heavy (non-hydrogen) atoms. The first kappa shape index (κ1) is 14.0. The fourth-order valence-corrected chi connectivity index (χ4v) is 1.81. The largest absolute Gasteiger partial charge is 0.492 e. The molecule has 0 saturated heterocycles. The molecule has 4 heteroatoms. The van der Waals surface area contributed by atoms with Crippen molar-refractivity contribution in [1.82, 2.24) is 5.32 Å². The van der Waals surface area contributed by atoms with E-state index in [0.29, 0.717) is 25.3 Å². The predicted octanol–water partition coefficient (Wildman–Crippen LogP) is 2.87. The number of para-hydroxylation sites is 1. The van der Waals surface area contributed by atoms with Crippen molar-refractivity contribution in [3.8, 4) is 11.8 Å². The van der Waals surface area contributed by atoms with Gasteiger partial charge in [-0.1, -0.05) is 18.2 Å². The van der Waals surface area contributed by atoms with E-state index in [-0.39, 0.29) is 5.82 Å². The average molecular weight is 270 g/mol. The molecular weight excluding hydrogens is 255 g/mol. The van der Waals surface area contributed by atoms with Gasteiger partial charge in [0.1, 0.15) is 18.2 Å². The van der Waals surface area contributed by atoms with Gasteiger partial charge in [-0.25, -0.2) is 4.39 Å². The van der Waals surface area contributed by atoms with Crippen LogP contribution in [0.25, 0.3) is 0 Å². The lowest BCUT2D eigenvalue weighted by atomic mass is 10.1. The molecule has 102 valence electrons. The van der Waals surface area contributed by atoms with E-state index in [2.05, 4.69) is 5.32 Å². The topological polar surface area (TPSA) is 45.0 Å². The third kappa shape index (κ3) is 4.38. The Balaban J connectivity index is 1.74. The fourth-order valence-electron chi connectivity index (χ4n) is 1.81. The Labute approximate surface area is 117 Å². The highest BCUT2D eigenvalue weighted by atomic mass is 19.1. The molecule has 0 atom stereocenters. The Kier molecular flexibility index (Phi) is 5.10. The van der Waals surface area contributed by atoms with Crippen LogP contribution in [0.15, 0.2) is 48.5 Å². The van der Waals surface area contributed by atoms with Crippen LogP contribution in [0.4, 0.5) is 4.39 Å². The quantitative estimate of drug-likeness (QED) is 0.821. The second-order valence-corrected chi connectivity index (χ2v) is 4.30. The maximum Gasteiger partial charge on any atom is 0.124 e. The van der Waals surface area contributed by atoms with E-state index in [0.717, 1.165) is 11.3 Å². The highest BCUT2D eigenvalue weighted by Gasteiger charge is 2.00. The van der Waals surface area contributed by atoms with Crippen LogP contribution >= 0.6 is 0 Å². The van der Waals surface area contributed by atoms with Crippen molar-refractivity contribution >= 4 is 0 Å². The van der Waals surface area contributed by atoms with Gasteiger partial charge < -0.3 is 10.1 Å². The van der Waals surface area contributed by atoms with Gasteiger partial charge in [-0.2, -0.15) is 5.26 Å². The number of rotatable bonds is 6. The van der Waals surface area contributed by atoms with E-state index >= 15 is 0 Å². The smallest absolute Gasteiger partial charge is 0.124 e. The first-order chi connectivity index (χ1) is 9.78. The van der Waals surface area contributed by atoms with E-state index < -0.39 is 0 Å². The standard InChI is InChI=1S/C16H15FN2O/c17-15-9-13(11-18)8-14(10-15)12-19-6-7-20-16-4-2-1-3-5-16/h1-5,8-10,19H,6-7,12H2. The van der Waals surface area contributed by atoms with Gasteiger partial charge >= 0.3 is 0 Å². The zero-order valence-electron chi connectivity index (χ0n) is 11.0. The van der Waals surface area contributed by atoms with Gasteiger partial charge in [0.05, 0.1) is 11.6 Å². The minimum absolute atomic E-state index is 0.335. The van der Waals surface area contributed by atoms with E-state index in [1.807, 2.05) is 36.4 Å². The lowest BCUT2D eigenvalue weighted by Crippen LogP contribution is -2.20. The van der Waals surface area contributed by atoms with Crippen molar-refractivity contribution in [3.05, 3.63) is 65.5 Å². The number of ether oxygens (including phenoxy) is 1. The molecule has 0 unspecified atom stereocenters. The van der Waals surface area contributed by atoms with Crippen LogP contribution < -0.4 is 10.1 Å². The highest BCUT2D eigenvalue weighted by molar-refractivity contribution is 5.33. The molecular formula is C16H15FN2O. The van der Waals surface area contributed by atoms with Crippen molar-refractivity contribution in [2.45, 2.75) is 6.54 Å². The summed E-state index contributed by atoms with van der Waals surface area (Å²) >= 11 is 0. The average Bonchev–Trinajstić information content (AvgIpc) is 2.47. The molecule has 0 aromatic heterocycles. The van der Waals surface area contributed by atoms with Gasteiger partial charge in [0, 0.05) is 13.1 Å². The van der Waals surface area contributed by atoms with Crippen LogP contribution in [0.5, 0.6) is 5.75 Å². The van der Waals surface area contributed by atoms with Crippen molar-refractivity contribution in [3.63, 3.8) is 0 Å². The van der Waals surface area contributed by atoms with Crippen molar-refractivity contribution in [2.24, 2.45) is 0 Å². The zero-order valence-corrected chi connectivity index (χ0v) is 11.0. The van der Waals surface area contributed by atoms with E-state index in [1.165, 1.54) is 12.1 Å². The lowest BCUT2D eigenvalue weighted by Gasteiger charge is -2.08. The third-order valence-electron chi connectivity index (χ3n) is 2.71. The van der Waals surface area contributed by atoms with E-state index in [9.17, 15) is 4.39 Å². The van der Waals surface area contributed by atoms with Crippen molar-refractivity contribution < 1.29 is 9.13 Å². The number of hydrogen-bond acceptors (Lipinski definition) is 3. The number of halogens is 1. The Hall–Kier alpha value is -2.38. The van der Waals surface area contributed by atoms with Gasteiger partial charge in [0.15, 0.2) is 0 Å². The molecule has 0 aliphatic heterocycles. The highest BCUT2D eigenvalue weighted by Crippen LogP contribution is 2.09. The Bertz CT molecular complexity index is 593. The molecule has 0 saturated carbocycles. The summed E-state index contributed by atoms with van der Waals surface area (Å²) in [6, 6.07) is 15.8. The second kappa shape index (κ2) is 7.27. The van der Waals surface area contributed by atoms with Crippen LogP contribution in [-0.2, 0) is 6.54 Å². The number of nitrogens with zero attached hydrogens (tertiary/aromatic N) is 1. The molecule has 0 radical (unpaired) electrons. The summed E-state index contributed by atoms with van der Waals surface area (Å²) < 4.78 is 18.7. The van der Waals surface area contributed by atoms with Gasteiger partial charge in [0.25, 0.3) is 0 Å². The SMILES string of the molecule is N#Cc1cc(F)cc(CNCCOc2ccccc2)c1. The summed E-state index contributed by atoms with van der Waals surface area (Å²) in [5.74, 6) is 0.438. The molecule has 3 nitrogen and oxygen atoms in total. The van der Waals surface area contributed by atoms with E-state index in [1.54, 1.807) is 6.07 Å². The number of nitriles is 1. The molecule has 0 bridgehead atoms. The lowest BCUT2D eigenvalue weighted by molar-refractivity contribution is 0.313. The van der Waals surface area contributed by atoms with E-state index in [4.69, 9.17) is 10.00 Å².